The highest BCUT2D eigenvalue weighted by molar-refractivity contribution is 5.03. The maximum atomic E-state index is 11.5. The van der Waals surface area contributed by atoms with Gasteiger partial charge < -0.3 is 9.67 Å². The number of aromatic nitrogens is 2. The number of aromatic amines is 1. The van der Waals surface area contributed by atoms with Gasteiger partial charge in [-0.1, -0.05) is 6.92 Å². The molecule has 1 aromatic heterocycles. The van der Waals surface area contributed by atoms with Crippen molar-refractivity contribution in [2.45, 2.75) is 45.8 Å². The number of hydrogen-bond donors (Lipinski definition) is 2. The Labute approximate surface area is 93.8 Å². The minimum atomic E-state index is -0.818. The molecule has 0 aliphatic heterocycles. The molecule has 1 heterocycles. The van der Waals surface area contributed by atoms with Crippen molar-refractivity contribution in [3.63, 3.8) is 0 Å². The number of nitrogens with one attached hydrogen (secondary N) is 1. The first kappa shape index (κ1) is 12.7. The molecule has 90 valence electrons. The molecule has 1 aromatic rings. The SMILES string of the molecule is CCc1cn(CCC(C)(C)O)c(=O)[nH]c1=O. The van der Waals surface area contributed by atoms with Crippen LogP contribution in [0, 0.1) is 0 Å². The van der Waals surface area contributed by atoms with Crippen molar-refractivity contribution in [3.8, 4) is 0 Å². The lowest BCUT2D eigenvalue weighted by Crippen LogP contribution is -2.33. The molecule has 5 heteroatoms. The summed E-state index contributed by atoms with van der Waals surface area (Å²) in [6, 6.07) is 0. The minimum Gasteiger partial charge on any atom is -0.390 e. The molecule has 0 fully saturated rings. The number of hydrogen-bond acceptors (Lipinski definition) is 3. The minimum absolute atomic E-state index is 0.327. The molecule has 2 N–H and O–H groups in total. The maximum absolute atomic E-state index is 11.5. The van der Waals surface area contributed by atoms with E-state index in [1.807, 2.05) is 6.92 Å². The molecule has 0 saturated carbocycles. The van der Waals surface area contributed by atoms with E-state index in [2.05, 4.69) is 4.98 Å². The predicted molar refractivity (Wildman–Crippen MR) is 61.6 cm³/mol. The summed E-state index contributed by atoms with van der Waals surface area (Å²) in [5, 5.41) is 9.56. The molecule has 0 spiro atoms. The molecule has 0 aliphatic rings. The van der Waals surface area contributed by atoms with Gasteiger partial charge in [0, 0.05) is 18.3 Å². The van der Waals surface area contributed by atoms with Crippen molar-refractivity contribution in [3.05, 3.63) is 32.6 Å². The molecule has 0 unspecified atom stereocenters. The highest BCUT2D eigenvalue weighted by Gasteiger charge is 2.13. The molecule has 0 atom stereocenters. The predicted octanol–water partition coefficient (Wildman–Crippen LogP) is 0.260. The van der Waals surface area contributed by atoms with Crippen LogP contribution in [0.15, 0.2) is 15.8 Å². The summed E-state index contributed by atoms with van der Waals surface area (Å²) in [7, 11) is 0. The maximum Gasteiger partial charge on any atom is 0.328 e. The summed E-state index contributed by atoms with van der Waals surface area (Å²) < 4.78 is 1.43. The Morgan fingerprint density at radius 1 is 1.44 bits per heavy atom. The van der Waals surface area contributed by atoms with E-state index in [0.29, 0.717) is 24.9 Å². The van der Waals surface area contributed by atoms with Gasteiger partial charge in [-0.05, 0) is 26.7 Å². The summed E-state index contributed by atoms with van der Waals surface area (Å²) in [6.45, 7) is 5.62. The van der Waals surface area contributed by atoms with Crippen LogP contribution in [0.3, 0.4) is 0 Å². The molecular weight excluding hydrogens is 208 g/mol. The van der Waals surface area contributed by atoms with Crippen LogP contribution in [0.5, 0.6) is 0 Å². The Morgan fingerprint density at radius 3 is 2.56 bits per heavy atom. The number of rotatable bonds is 4. The van der Waals surface area contributed by atoms with Crippen molar-refractivity contribution >= 4 is 0 Å². The van der Waals surface area contributed by atoms with Gasteiger partial charge in [-0.3, -0.25) is 9.78 Å². The van der Waals surface area contributed by atoms with Crippen molar-refractivity contribution in [1.82, 2.24) is 9.55 Å². The van der Waals surface area contributed by atoms with Gasteiger partial charge in [0.25, 0.3) is 5.56 Å². The third kappa shape index (κ3) is 3.34. The zero-order chi connectivity index (χ0) is 12.3. The standard InChI is InChI=1S/C11H18N2O3/c1-4-8-7-13(6-5-11(2,3)16)10(15)12-9(8)14/h7,16H,4-6H2,1-3H3,(H,12,14,15). The van der Waals surface area contributed by atoms with Gasteiger partial charge in [0.15, 0.2) is 0 Å². The highest BCUT2D eigenvalue weighted by Crippen LogP contribution is 2.07. The third-order valence-corrected chi connectivity index (χ3v) is 2.43. The van der Waals surface area contributed by atoms with Crippen LogP contribution >= 0.6 is 0 Å². The fraction of sp³-hybridized carbons (Fsp3) is 0.636. The first-order valence-corrected chi connectivity index (χ1v) is 5.38. The summed E-state index contributed by atoms with van der Waals surface area (Å²) in [5.74, 6) is 0. The summed E-state index contributed by atoms with van der Waals surface area (Å²) in [4.78, 5) is 25.0. The van der Waals surface area contributed by atoms with E-state index in [1.165, 1.54) is 4.57 Å². The van der Waals surface area contributed by atoms with E-state index in [0.717, 1.165) is 0 Å². The third-order valence-electron chi connectivity index (χ3n) is 2.43. The topological polar surface area (TPSA) is 75.1 Å². The Bertz CT molecular complexity index is 465. The summed E-state index contributed by atoms with van der Waals surface area (Å²) in [6.07, 6.45) is 2.60. The Balaban J connectivity index is 2.97. The van der Waals surface area contributed by atoms with Crippen LogP contribution in [0.2, 0.25) is 0 Å². The quantitative estimate of drug-likeness (QED) is 0.773. The molecule has 0 amide bonds. The first-order valence-electron chi connectivity index (χ1n) is 5.38. The Hall–Kier alpha value is -1.36. The average molecular weight is 226 g/mol. The van der Waals surface area contributed by atoms with Crippen LogP contribution in [0.4, 0.5) is 0 Å². The average Bonchev–Trinajstić information content (AvgIpc) is 2.15. The second-order valence-electron chi connectivity index (χ2n) is 4.52. The lowest BCUT2D eigenvalue weighted by molar-refractivity contribution is 0.0657. The largest absolute Gasteiger partial charge is 0.390 e. The number of aliphatic hydroxyl groups is 1. The van der Waals surface area contributed by atoms with E-state index >= 15 is 0 Å². The van der Waals surface area contributed by atoms with Crippen LogP contribution in [0.25, 0.3) is 0 Å². The first-order chi connectivity index (χ1) is 7.33. The van der Waals surface area contributed by atoms with E-state index in [4.69, 9.17) is 0 Å². The van der Waals surface area contributed by atoms with Gasteiger partial charge in [0.2, 0.25) is 0 Å². The fourth-order valence-electron chi connectivity index (χ4n) is 1.37. The summed E-state index contributed by atoms with van der Waals surface area (Å²) >= 11 is 0. The highest BCUT2D eigenvalue weighted by atomic mass is 16.3. The van der Waals surface area contributed by atoms with E-state index < -0.39 is 11.3 Å². The van der Waals surface area contributed by atoms with Gasteiger partial charge in [-0.2, -0.15) is 0 Å². The van der Waals surface area contributed by atoms with Gasteiger partial charge in [-0.15, -0.1) is 0 Å². The van der Waals surface area contributed by atoms with Crippen molar-refractivity contribution in [2.75, 3.05) is 0 Å². The number of H-pyrrole nitrogens is 1. The number of nitrogens with zero attached hydrogens (tertiary/aromatic N) is 1. The van der Waals surface area contributed by atoms with Crippen LogP contribution in [-0.2, 0) is 13.0 Å². The lowest BCUT2D eigenvalue weighted by Gasteiger charge is -2.17. The molecule has 5 nitrogen and oxygen atoms in total. The lowest BCUT2D eigenvalue weighted by atomic mass is 10.1. The van der Waals surface area contributed by atoms with Crippen molar-refractivity contribution in [1.29, 1.82) is 0 Å². The normalized spacial score (nSPS) is 11.8. The van der Waals surface area contributed by atoms with Gasteiger partial charge in [0.1, 0.15) is 0 Å². The molecule has 0 aromatic carbocycles. The monoisotopic (exact) mass is 226 g/mol. The van der Waals surface area contributed by atoms with Gasteiger partial charge in [0.05, 0.1) is 5.60 Å². The van der Waals surface area contributed by atoms with Crippen molar-refractivity contribution in [2.24, 2.45) is 0 Å². The zero-order valence-electron chi connectivity index (χ0n) is 9.91. The van der Waals surface area contributed by atoms with E-state index in [9.17, 15) is 14.7 Å². The summed E-state index contributed by atoms with van der Waals surface area (Å²) in [5.41, 5.74) is -0.990. The Morgan fingerprint density at radius 2 is 2.06 bits per heavy atom. The van der Waals surface area contributed by atoms with E-state index in [-0.39, 0.29) is 5.56 Å². The van der Waals surface area contributed by atoms with Gasteiger partial charge >= 0.3 is 5.69 Å². The second kappa shape index (κ2) is 4.65. The molecule has 0 saturated heterocycles. The molecule has 0 aliphatic carbocycles. The van der Waals surface area contributed by atoms with Gasteiger partial charge in [-0.25, -0.2) is 4.79 Å². The smallest absolute Gasteiger partial charge is 0.328 e. The van der Waals surface area contributed by atoms with E-state index in [1.54, 1.807) is 20.0 Å². The van der Waals surface area contributed by atoms with Crippen LogP contribution < -0.4 is 11.2 Å². The fourth-order valence-corrected chi connectivity index (χ4v) is 1.37. The number of aryl methyl sites for hydroxylation is 2. The zero-order valence-corrected chi connectivity index (χ0v) is 9.91. The molecule has 0 bridgehead atoms. The van der Waals surface area contributed by atoms with Crippen LogP contribution in [0.1, 0.15) is 32.8 Å². The molecule has 16 heavy (non-hydrogen) atoms. The molecule has 0 radical (unpaired) electrons. The molecular formula is C11H18N2O3. The Kier molecular flexibility index (Phi) is 3.70. The van der Waals surface area contributed by atoms with Crippen molar-refractivity contribution < 1.29 is 5.11 Å². The van der Waals surface area contributed by atoms with Crippen LogP contribution in [-0.4, -0.2) is 20.3 Å². The second-order valence-corrected chi connectivity index (χ2v) is 4.52. The molecule has 1 rings (SSSR count).